The van der Waals surface area contributed by atoms with Gasteiger partial charge in [-0.2, -0.15) is 0 Å². The van der Waals surface area contributed by atoms with E-state index in [9.17, 15) is 15.3 Å². The van der Waals surface area contributed by atoms with Crippen LogP contribution in [-0.4, -0.2) is 106 Å². The number of aliphatic hydroxyl groups is 3. The number of rotatable bonds is 10. The summed E-state index contributed by atoms with van der Waals surface area (Å²) in [6.45, 7) is 10.4. The fourth-order valence-corrected chi connectivity index (χ4v) is 27.3. The van der Waals surface area contributed by atoms with Crippen LogP contribution in [0, 0.1) is 122 Å². The van der Waals surface area contributed by atoms with Crippen LogP contribution in [0.1, 0.15) is 154 Å². The van der Waals surface area contributed by atoms with E-state index in [0.717, 1.165) is 110 Å². The zero-order valence-electron chi connectivity index (χ0n) is 51.0. The summed E-state index contributed by atoms with van der Waals surface area (Å²) in [7, 11) is 0. The lowest BCUT2D eigenvalue weighted by atomic mass is 9.28. The summed E-state index contributed by atoms with van der Waals surface area (Å²) in [6.07, 6.45) is 20.9. The van der Waals surface area contributed by atoms with E-state index in [4.69, 9.17) is 23.4 Å². The number of epoxide rings is 1. The van der Waals surface area contributed by atoms with Crippen LogP contribution in [0.3, 0.4) is 0 Å². The summed E-state index contributed by atoms with van der Waals surface area (Å²) >= 11 is 0. The summed E-state index contributed by atoms with van der Waals surface area (Å²) < 4.78 is 37.6. The minimum Gasteiger partial charge on any atom is -0.469 e. The van der Waals surface area contributed by atoms with Crippen LogP contribution in [0.4, 0.5) is 0 Å². The summed E-state index contributed by atoms with van der Waals surface area (Å²) in [5.41, 5.74) is -6.36. The Balaban J connectivity index is 0.875. The molecule has 86 heavy (non-hydrogen) atoms. The monoisotopic (exact) mass is 1170 g/mol. The van der Waals surface area contributed by atoms with Crippen LogP contribution in [0.25, 0.3) is 0 Å². The molecule has 6 spiro atoms. The maximum absolute atomic E-state index is 17.5. The number of aliphatic hydroxyl groups excluding tert-OH is 3. The van der Waals surface area contributed by atoms with Gasteiger partial charge in [0.2, 0.25) is 0 Å². The number of nitrogens with one attached hydrogen (secondary N) is 1. The first-order valence-electron chi connectivity index (χ1n) is 34.3. The molecule has 1 aromatic carbocycles. The number of hydrogen-bond acceptors (Lipinski definition) is 13. The molecule has 18 rings (SSSR count). The fourth-order valence-electron chi connectivity index (χ4n) is 27.3. The number of fused-ring (bicyclic) bond motifs is 6. The van der Waals surface area contributed by atoms with Gasteiger partial charge in [-0.15, -0.1) is 0 Å². The number of hydrogen-bond donors (Lipinski definition) is 4. The highest BCUT2D eigenvalue weighted by Crippen LogP contribution is 2.92. The Morgan fingerprint density at radius 3 is 2.58 bits per heavy atom. The lowest BCUT2D eigenvalue weighted by molar-refractivity contribution is -0.315. The van der Waals surface area contributed by atoms with E-state index in [0.29, 0.717) is 48.5 Å². The Labute approximate surface area is 506 Å². The quantitative estimate of drug-likeness (QED) is 0.0766. The van der Waals surface area contributed by atoms with Crippen LogP contribution >= 0.6 is 0 Å². The van der Waals surface area contributed by atoms with Gasteiger partial charge in [0.25, 0.3) is 0 Å². The first kappa shape index (κ1) is 54.6. The van der Waals surface area contributed by atoms with Gasteiger partial charge in [-0.05, 0) is 197 Å². The minimum atomic E-state index is -1.57. The van der Waals surface area contributed by atoms with Gasteiger partial charge >= 0.3 is 11.9 Å². The van der Waals surface area contributed by atoms with Gasteiger partial charge in [0.15, 0.2) is 17.5 Å². The number of allylic oxidation sites excluding steroid dienone is 1. The topological polar surface area (TPSA) is 181 Å². The van der Waals surface area contributed by atoms with Gasteiger partial charge in [0, 0.05) is 47.2 Å². The number of esters is 2. The molecule has 1 aromatic heterocycles. The van der Waals surface area contributed by atoms with Crippen molar-refractivity contribution in [2.45, 2.75) is 196 Å². The molecule has 8 saturated carbocycles. The molecule has 458 valence electrons. The number of benzene rings is 1. The zero-order chi connectivity index (χ0) is 58.5. The third-order valence-corrected chi connectivity index (χ3v) is 29.6. The summed E-state index contributed by atoms with van der Waals surface area (Å²) in [4.78, 5) is 52.2. The molecule has 25 atom stereocenters. The highest BCUT2D eigenvalue weighted by molar-refractivity contribution is 5.94. The average Bonchev–Trinajstić information content (AvgIpc) is 1.38. The predicted octanol–water partition coefficient (Wildman–Crippen LogP) is 9.40. The van der Waals surface area contributed by atoms with Gasteiger partial charge in [-0.1, -0.05) is 87.9 Å². The van der Waals surface area contributed by atoms with Crippen LogP contribution in [-0.2, 0) is 51.8 Å². The van der Waals surface area contributed by atoms with Crippen molar-refractivity contribution in [2.75, 3.05) is 26.4 Å². The van der Waals surface area contributed by atoms with Crippen molar-refractivity contribution in [3.8, 4) is 11.8 Å². The summed E-state index contributed by atoms with van der Waals surface area (Å²) in [5, 5.41) is 41.7. The predicted molar refractivity (Wildman–Crippen MR) is 315 cm³/mol. The molecule has 13 heteroatoms. The van der Waals surface area contributed by atoms with E-state index in [1.807, 2.05) is 6.07 Å². The van der Waals surface area contributed by atoms with Crippen molar-refractivity contribution in [1.29, 1.82) is 0 Å². The van der Waals surface area contributed by atoms with Crippen molar-refractivity contribution in [3.63, 3.8) is 0 Å². The molecule has 2 aromatic rings. The summed E-state index contributed by atoms with van der Waals surface area (Å²) in [5.74, 6) is 5.81. The molecule has 9 bridgehead atoms. The fraction of sp³-hybridized carbons (Fsp3) is 0.740. The minimum absolute atomic E-state index is 0.0157. The molecule has 0 radical (unpaired) electrons. The second kappa shape index (κ2) is 18.0. The smallest absolute Gasteiger partial charge is 0.339 e. The van der Waals surface area contributed by atoms with Gasteiger partial charge in [-0.3, -0.25) is 14.9 Å². The van der Waals surface area contributed by atoms with E-state index >= 15 is 14.4 Å². The number of ether oxygens (including phenoxy) is 4. The van der Waals surface area contributed by atoms with E-state index in [2.05, 4.69) is 98.4 Å². The number of carbonyl (C=O) groups is 3. The highest BCUT2D eigenvalue weighted by atomic mass is 16.7. The van der Waals surface area contributed by atoms with Crippen molar-refractivity contribution >= 4 is 17.7 Å². The Bertz CT molecular complexity index is 3340. The third kappa shape index (κ3) is 6.14. The molecule has 8 heterocycles. The maximum Gasteiger partial charge on any atom is 0.339 e. The molecule has 16 aliphatic rings. The lowest BCUT2D eigenvalue weighted by Gasteiger charge is -2.74. The largest absolute Gasteiger partial charge is 0.469 e. The Hall–Kier alpha value is -4.29. The highest BCUT2D eigenvalue weighted by Gasteiger charge is 3.00. The third-order valence-electron chi connectivity index (χ3n) is 29.6. The van der Waals surface area contributed by atoms with Crippen molar-refractivity contribution in [2.24, 2.45) is 110 Å². The molecule has 13 nitrogen and oxygen atoms in total. The molecular weight excluding hydrogens is 1080 g/mol. The first-order chi connectivity index (χ1) is 41.5. The Morgan fingerprint density at radius 2 is 1.77 bits per heavy atom. The molecule has 5 saturated heterocycles. The number of ketones is 1. The molecule has 0 unspecified atom stereocenters. The normalized spacial score (nSPS) is 51.0. The van der Waals surface area contributed by atoms with Gasteiger partial charge in [-0.25, -0.2) is 4.79 Å². The zero-order valence-corrected chi connectivity index (χ0v) is 51.0. The number of Topliss-reactive ketones (excluding diaryl/α,β-unsaturated/α-hetero) is 1. The molecule has 7 aliphatic heterocycles. The molecule has 9 aliphatic carbocycles. The van der Waals surface area contributed by atoms with Crippen molar-refractivity contribution in [3.05, 3.63) is 83.5 Å². The van der Waals surface area contributed by atoms with Crippen molar-refractivity contribution in [1.82, 2.24) is 10.2 Å². The second-order valence-electron chi connectivity index (χ2n) is 32.5. The number of nitrogens with zero attached hydrogens (tertiary/aromatic N) is 1. The van der Waals surface area contributed by atoms with Crippen molar-refractivity contribution < 1.29 is 53.1 Å². The van der Waals surface area contributed by atoms with E-state index in [1.54, 1.807) is 6.26 Å². The molecule has 4 N–H and O–H groups in total. The van der Waals surface area contributed by atoms with Gasteiger partial charge in [0.1, 0.15) is 29.7 Å². The number of cyclic esters (lactones) is 1. The molecule has 0 amide bonds. The van der Waals surface area contributed by atoms with E-state index < -0.39 is 98.6 Å². The van der Waals surface area contributed by atoms with Gasteiger partial charge in [0.05, 0.1) is 54.9 Å². The number of carbonyl (C=O) groups excluding carboxylic acids is 3. The van der Waals surface area contributed by atoms with E-state index in [-0.39, 0.29) is 77.5 Å². The maximum atomic E-state index is 17.5. The van der Waals surface area contributed by atoms with Crippen LogP contribution < -0.4 is 5.32 Å². The SMILES string of the molecule is CC(C)C[C@H]1C=C2C[C@H]3CCC4(CCCC4)[C@]34C[C@@H]3C[C@]5(C)[C@]67O[C@@H]6C(=O)O[C@]5(c5ccoc5C[C@@H]([C@@H]5CC[C@H]6[C@H](C=CN8CNC[C@H]68)C5)[C@H](O)CO)CC#C[C@@H]5CC[C@@H](Cc6ccccc6)C[C@H]5[C@]75[C@H](O)C(=O)[C@@H]6[C@@]1(C)O[C@]21[C@H]4C(=O)OC[C@@]61[C@@H]35. The average molecular weight is 1170 g/mol. The van der Waals surface area contributed by atoms with Gasteiger partial charge < -0.3 is 43.6 Å². The lowest BCUT2D eigenvalue weighted by Crippen LogP contribution is -2.83. The second-order valence-corrected chi connectivity index (χ2v) is 32.5. The Kier molecular flexibility index (Phi) is 11.4. The Morgan fingerprint density at radius 1 is 0.930 bits per heavy atom. The summed E-state index contributed by atoms with van der Waals surface area (Å²) in [6, 6.07) is 13.2. The standard InChI is InChI=1S/C73H90N2O11/c1-40(2)27-48-32-49-31-47-18-24-67(21-8-9-22-67)68(47)35-46-34-65(3)70(52-20-26-82-56(52)33-51(55(77)37-76)44-16-17-50-45(30-44)19-25-75-39-74-36-54(50)75)23-10-13-43-15-14-42(28-41-11-6-5-7-12-41)29-53(43)71(73(65)62(84-73)64(81)85-70)58(46)69-38-83-63(80)60(68)72(49,69)86-66(48,4)59(69)57(78)61(71)79/h5-7,11-12,19-20,25-26,32,40,42-48,50-51,53-55,58-62,74,76-77,79H,8-9,14-18,21-24,27-31,33-39H2,1-4H3/t42-,43+,44+,45+,46-,47+,48-,50-,51-,53+,54+,55+,58+,59+,60-,61+,62+,65-,66-,68+,69+,70-,71-,72-,73+/m0/s1. The number of furan rings is 1. The first-order valence-corrected chi connectivity index (χ1v) is 34.3. The van der Waals surface area contributed by atoms with E-state index in [1.165, 1.54) is 11.1 Å². The van der Waals surface area contributed by atoms with Crippen LogP contribution in [0.2, 0.25) is 0 Å². The van der Waals surface area contributed by atoms with Crippen LogP contribution in [0.5, 0.6) is 0 Å². The molecule has 13 fully saturated rings. The molecular formula is C73H90N2O11. The van der Waals surface area contributed by atoms with Crippen LogP contribution in [0.15, 0.2) is 71.0 Å².